The predicted molar refractivity (Wildman–Crippen MR) is 104 cm³/mol. The predicted octanol–water partition coefficient (Wildman–Crippen LogP) is 5.00. The molecule has 2 aromatic carbocycles. The topological polar surface area (TPSA) is 51.2 Å². The van der Waals surface area contributed by atoms with Crippen molar-refractivity contribution in [3.8, 4) is 5.75 Å². The zero-order chi connectivity index (χ0) is 17.6. The van der Waals surface area contributed by atoms with Gasteiger partial charge in [0.15, 0.2) is 5.13 Å². The molecule has 25 heavy (non-hydrogen) atoms. The number of thioether (sulfide) groups is 1. The number of anilines is 1. The van der Waals surface area contributed by atoms with Crippen molar-refractivity contribution in [3.63, 3.8) is 0 Å². The van der Waals surface area contributed by atoms with Crippen LogP contribution in [0.25, 0.3) is 0 Å². The lowest BCUT2D eigenvalue weighted by Gasteiger charge is -2.08. The highest BCUT2D eigenvalue weighted by Gasteiger charge is 2.12. The van der Waals surface area contributed by atoms with E-state index in [-0.39, 0.29) is 5.91 Å². The average Bonchev–Trinajstić information content (AvgIpc) is 3.00. The van der Waals surface area contributed by atoms with Crippen LogP contribution in [0, 0.1) is 6.92 Å². The summed E-state index contributed by atoms with van der Waals surface area (Å²) < 4.78 is 6.88. The highest BCUT2D eigenvalue weighted by atomic mass is 32.2. The number of hydrogen-bond acceptors (Lipinski definition) is 5. The number of carbonyl (C=O) groups excluding carboxylic acids is 1. The van der Waals surface area contributed by atoms with Gasteiger partial charge >= 0.3 is 0 Å². The third-order valence-corrected chi connectivity index (χ3v) is 5.79. The van der Waals surface area contributed by atoms with E-state index in [2.05, 4.69) is 10.3 Å². The smallest absolute Gasteiger partial charge is 0.257 e. The number of amides is 1. The maximum atomic E-state index is 12.4. The quantitative estimate of drug-likeness (QED) is 0.620. The molecule has 6 heteroatoms. The zero-order valence-electron chi connectivity index (χ0n) is 14.0. The molecule has 0 saturated carbocycles. The van der Waals surface area contributed by atoms with Crippen LogP contribution in [0.2, 0.25) is 0 Å². The van der Waals surface area contributed by atoms with Gasteiger partial charge in [-0.1, -0.05) is 47.7 Å². The first-order valence-corrected chi connectivity index (χ1v) is 9.79. The van der Waals surface area contributed by atoms with Gasteiger partial charge in [-0.3, -0.25) is 10.1 Å². The summed E-state index contributed by atoms with van der Waals surface area (Å²) in [6, 6.07) is 17.1. The van der Waals surface area contributed by atoms with Crippen molar-refractivity contribution in [3.05, 3.63) is 71.4 Å². The van der Waals surface area contributed by atoms with Crippen molar-refractivity contribution < 1.29 is 9.53 Å². The van der Waals surface area contributed by atoms with Crippen LogP contribution >= 0.6 is 23.1 Å². The van der Waals surface area contributed by atoms with E-state index < -0.39 is 0 Å². The standard InChI is InChI=1S/C19H18N2O2S2/c1-13-18(24-2)25-19(20-13)21-17(22)15-9-6-10-16(11-15)23-12-14-7-4-3-5-8-14/h3-11H,12H2,1-2H3,(H,20,21,22). The molecule has 4 nitrogen and oxygen atoms in total. The molecule has 1 heterocycles. The molecule has 0 aliphatic heterocycles. The number of nitrogens with zero attached hydrogens (tertiary/aromatic N) is 1. The minimum absolute atomic E-state index is 0.188. The van der Waals surface area contributed by atoms with Crippen molar-refractivity contribution in [2.24, 2.45) is 0 Å². The van der Waals surface area contributed by atoms with E-state index in [1.54, 1.807) is 23.9 Å². The number of ether oxygens (including phenoxy) is 1. The van der Waals surface area contributed by atoms with Crippen LogP contribution in [0.15, 0.2) is 58.8 Å². The maximum absolute atomic E-state index is 12.4. The molecule has 3 rings (SSSR count). The molecule has 0 fully saturated rings. The van der Waals surface area contributed by atoms with Gasteiger partial charge in [0.25, 0.3) is 5.91 Å². The molecule has 0 aliphatic rings. The third-order valence-electron chi connectivity index (χ3n) is 3.50. The van der Waals surface area contributed by atoms with E-state index in [4.69, 9.17) is 4.74 Å². The van der Waals surface area contributed by atoms with Gasteiger partial charge in [0.2, 0.25) is 0 Å². The van der Waals surface area contributed by atoms with Crippen LogP contribution in [0.4, 0.5) is 5.13 Å². The summed E-state index contributed by atoms with van der Waals surface area (Å²) in [5, 5.41) is 3.47. The van der Waals surface area contributed by atoms with E-state index in [1.807, 2.05) is 55.6 Å². The maximum Gasteiger partial charge on any atom is 0.257 e. The lowest BCUT2D eigenvalue weighted by Crippen LogP contribution is -2.11. The van der Waals surface area contributed by atoms with Crippen LogP contribution in [0.3, 0.4) is 0 Å². The Hall–Kier alpha value is -2.31. The SMILES string of the molecule is CSc1sc(NC(=O)c2cccc(OCc3ccccc3)c2)nc1C. The summed E-state index contributed by atoms with van der Waals surface area (Å²) in [6.07, 6.45) is 2.00. The van der Waals surface area contributed by atoms with Gasteiger partial charge in [0.1, 0.15) is 12.4 Å². The Bertz CT molecular complexity index is 863. The minimum atomic E-state index is -0.188. The third kappa shape index (κ3) is 4.61. The summed E-state index contributed by atoms with van der Waals surface area (Å²) >= 11 is 3.11. The monoisotopic (exact) mass is 370 g/mol. The second kappa shape index (κ2) is 8.18. The van der Waals surface area contributed by atoms with Gasteiger partial charge in [-0.15, -0.1) is 11.8 Å². The van der Waals surface area contributed by atoms with E-state index in [9.17, 15) is 4.79 Å². The summed E-state index contributed by atoms with van der Waals surface area (Å²) in [4.78, 5) is 16.8. The lowest BCUT2D eigenvalue weighted by molar-refractivity contribution is 0.102. The summed E-state index contributed by atoms with van der Waals surface area (Å²) in [6.45, 7) is 2.41. The fourth-order valence-electron chi connectivity index (χ4n) is 2.26. The van der Waals surface area contributed by atoms with E-state index in [1.165, 1.54) is 11.3 Å². The van der Waals surface area contributed by atoms with Gasteiger partial charge in [0.05, 0.1) is 9.90 Å². The summed E-state index contributed by atoms with van der Waals surface area (Å²) in [5.41, 5.74) is 2.57. The normalized spacial score (nSPS) is 10.5. The zero-order valence-corrected chi connectivity index (χ0v) is 15.6. The summed E-state index contributed by atoms with van der Waals surface area (Å²) in [7, 11) is 0. The fraction of sp³-hybridized carbons (Fsp3) is 0.158. The van der Waals surface area contributed by atoms with Crippen molar-refractivity contribution in [2.45, 2.75) is 17.7 Å². The molecule has 0 radical (unpaired) electrons. The van der Waals surface area contributed by atoms with Crippen LogP contribution in [0.1, 0.15) is 21.6 Å². The fourth-order valence-corrected chi connectivity index (χ4v) is 3.87. The number of aromatic nitrogens is 1. The van der Waals surface area contributed by atoms with Gasteiger partial charge in [-0.2, -0.15) is 0 Å². The molecule has 1 N–H and O–H groups in total. The Balaban J connectivity index is 1.66. The molecule has 0 spiro atoms. The number of nitrogens with one attached hydrogen (secondary N) is 1. The average molecular weight is 370 g/mol. The van der Waals surface area contributed by atoms with Crippen LogP contribution in [0.5, 0.6) is 5.75 Å². The molecule has 3 aromatic rings. The number of carbonyl (C=O) groups is 1. The minimum Gasteiger partial charge on any atom is -0.489 e. The molecule has 0 aliphatic carbocycles. The first kappa shape index (κ1) is 17.5. The Labute approximate surface area is 155 Å². The number of rotatable bonds is 6. The van der Waals surface area contributed by atoms with Crippen molar-refractivity contribution in [2.75, 3.05) is 11.6 Å². The van der Waals surface area contributed by atoms with E-state index in [0.717, 1.165) is 15.5 Å². The van der Waals surface area contributed by atoms with Gasteiger partial charge in [0, 0.05) is 5.56 Å². The van der Waals surface area contributed by atoms with Crippen molar-refractivity contribution >= 4 is 34.1 Å². The molecule has 1 amide bonds. The number of aryl methyl sites for hydroxylation is 1. The molecular formula is C19H18N2O2S2. The first-order valence-electron chi connectivity index (χ1n) is 7.75. The molecule has 1 aromatic heterocycles. The molecule has 0 saturated heterocycles. The second-order valence-corrected chi connectivity index (χ2v) is 7.43. The largest absolute Gasteiger partial charge is 0.489 e. The Morgan fingerprint density at radius 2 is 2.00 bits per heavy atom. The Morgan fingerprint density at radius 1 is 1.20 bits per heavy atom. The van der Waals surface area contributed by atoms with E-state index in [0.29, 0.717) is 23.1 Å². The highest BCUT2D eigenvalue weighted by molar-refractivity contribution is 8.00. The Kier molecular flexibility index (Phi) is 5.73. The molecule has 0 atom stereocenters. The van der Waals surface area contributed by atoms with E-state index >= 15 is 0 Å². The van der Waals surface area contributed by atoms with Gasteiger partial charge in [-0.05, 0) is 36.9 Å². The summed E-state index contributed by atoms with van der Waals surface area (Å²) in [5.74, 6) is 0.475. The van der Waals surface area contributed by atoms with Gasteiger partial charge < -0.3 is 4.74 Å². The van der Waals surface area contributed by atoms with Crippen LogP contribution in [-0.4, -0.2) is 17.1 Å². The lowest BCUT2D eigenvalue weighted by atomic mass is 10.2. The van der Waals surface area contributed by atoms with Crippen molar-refractivity contribution in [1.82, 2.24) is 4.98 Å². The first-order chi connectivity index (χ1) is 12.2. The van der Waals surface area contributed by atoms with Crippen LogP contribution < -0.4 is 10.1 Å². The highest BCUT2D eigenvalue weighted by Crippen LogP contribution is 2.30. The molecule has 0 bridgehead atoms. The van der Waals surface area contributed by atoms with Crippen molar-refractivity contribution in [1.29, 1.82) is 0 Å². The molecule has 0 unspecified atom stereocenters. The molecular weight excluding hydrogens is 352 g/mol. The van der Waals surface area contributed by atoms with Crippen LogP contribution in [-0.2, 0) is 6.61 Å². The number of benzene rings is 2. The number of hydrogen-bond donors (Lipinski definition) is 1. The number of thiazole rings is 1. The Morgan fingerprint density at radius 3 is 2.72 bits per heavy atom. The van der Waals surface area contributed by atoms with Gasteiger partial charge in [-0.25, -0.2) is 4.98 Å². The second-order valence-electron chi connectivity index (χ2n) is 5.35. The molecule has 128 valence electrons.